The molecule has 1 aromatic carbocycles. The molecule has 172 valence electrons. The van der Waals surface area contributed by atoms with Crippen molar-refractivity contribution in [1.29, 1.82) is 0 Å². The highest BCUT2D eigenvalue weighted by Gasteiger charge is 2.27. The Morgan fingerprint density at radius 3 is 2.19 bits per heavy atom. The van der Waals surface area contributed by atoms with Gasteiger partial charge in [0.1, 0.15) is 12.1 Å². The van der Waals surface area contributed by atoms with Gasteiger partial charge in [0, 0.05) is 6.54 Å². The summed E-state index contributed by atoms with van der Waals surface area (Å²) >= 11 is 0. The van der Waals surface area contributed by atoms with Crippen LogP contribution in [0.5, 0.6) is 0 Å². The Kier molecular flexibility index (Phi) is 10.5. The van der Waals surface area contributed by atoms with E-state index in [1.54, 1.807) is 6.92 Å². The second-order valence-corrected chi connectivity index (χ2v) is 8.82. The summed E-state index contributed by atoms with van der Waals surface area (Å²) in [5.74, 6) is -0.453. The number of rotatable bonds is 4. The van der Waals surface area contributed by atoms with Crippen LogP contribution in [0.4, 0.5) is 0 Å². The lowest BCUT2D eigenvalue weighted by Gasteiger charge is -2.25. The first-order valence-corrected chi connectivity index (χ1v) is 11.5. The van der Waals surface area contributed by atoms with Gasteiger partial charge in [-0.15, -0.1) is 0 Å². The van der Waals surface area contributed by atoms with E-state index >= 15 is 0 Å². The third kappa shape index (κ3) is 9.09. The second kappa shape index (κ2) is 13.1. The number of nitrogens with one attached hydrogen (secondary N) is 4. The summed E-state index contributed by atoms with van der Waals surface area (Å²) in [6.45, 7) is 7.03. The Morgan fingerprint density at radius 1 is 0.839 bits per heavy atom. The maximum absolute atomic E-state index is 13.0. The molecule has 3 amide bonds. The van der Waals surface area contributed by atoms with Gasteiger partial charge >= 0.3 is 0 Å². The number of carbonyl (C=O) groups excluding carboxylic acids is 3. The van der Waals surface area contributed by atoms with Gasteiger partial charge in [0.15, 0.2) is 0 Å². The van der Waals surface area contributed by atoms with Crippen LogP contribution in [0.2, 0.25) is 0 Å². The summed E-state index contributed by atoms with van der Waals surface area (Å²) in [6.07, 6.45) is 5.01. The maximum atomic E-state index is 13.0. The van der Waals surface area contributed by atoms with Crippen molar-refractivity contribution in [1.82, 2.24) is 21.3 Å². The number of amides is 3. The molecular formula is C24H38N4O3. The lowest BCUT2D eigenvalue weighted by molar-refractivity contribution is -0.132. The molecule has 2 rings (SSSR count). The molecule has 0 saturated carbocycles. The molecule has 3 atom stereocenters. The van der Waals surface area contributed by atoms with E-state index in [0.717, 1.165) is 37.8 Å². The van der Waals surface area contributed by atoms with E-state index in [2.05, 4.69) is 21.3 Å². The van der Waals surface area contributed by atoms with Gasteiger partial charge in [-0.3, -0.25) is 14.4 Å². The summed E-state index contributed by atoms with van der Waals surface area (Å²) in [7, 11) is 0. The lowest BCUT2D eigenvalue weighted by Crippen LogP contribution is -2.56. The molecular weight excluding hydrogens is 392 g/mol. The van der Waals surface area contributed by atoms with E-state index in [1.165, 1.54) is 0 Å². The molecule has 0 aliphatic carbocycles. The number of hydrogen-bond donors (Lipinski definition) is 4. The molecule has 0 radical (unpaired) electrons. The van der Waals surface area contributed by atoms with Crippen molar-refractivity contribution in [2.75, 3.05) is 13.1 Å². The standard InChI is InChI=1S/C24H38N4O3/c1-17(2)15-21-23(30)26-14-10-5-4-9-13-25-20(16-19-11-7-6-8-12-19)24(31)27-18(3)22(29)28-21/h6-8,11-12,17-18,20-21,25H,4-5,9-10,13-16H2,1-3H3,(H,26,30)(H,27,31)(H,28,29)/t18-,20+,21-/m1/s1. The Bertz CT molecular complexity index is 708. The quantitative estimate of drug-likeness (QED) is 0.586. The van der Waals surface area contributed by atoms with Crippen LogP contribution in [-0.4, -0.2) is 48.9 Å². The number of carbonyl (C=O) groups is 3. The van der Waals surface area contributed by atoms with Gasteiger partial charge in [-0.05, 0) is 50.6 Å². The van der Waals surface area contributed by atoms with Gasteiger partial charge in [-0.2, -0.15) is 0 Å². The minimum atomic E-state index is -0.733. The molecule has 0 bridgehead atoms. The molecule has 7 nitrogen and oxygen atoms in total. The second-order valence-electron chi connectivity index (χ2n) is 8.82. The van der Waals surface area contributed by atoms with Crippen molar-refractivity contribution in [3.8, 4) is 0 Å². The number of hydrogen-bond acceptors (Lipinski definition) is 4. The molecule has 0 spiro atoms. The van der Waals surface area contributed by atoms with Crippen molar-refractivity contribution in [3.63, 3.8) is 0 Å². The summed E-state index contributed by atoms with van der Waals surface area (Å²) in [4.78, 5) is 38.3. The minimum Gasteiger partial charge on any atom is -0.354 e. The lowest BCUT2D eigenvalue weighted by atomic mass is 10.0. The molecule has 1 aromatic rings. The summed E-state index contributed by atoms with van der Waals surface area (Å²) in [5, 5.41) is 12.0. The molecule has 0 unspecified atom stereocenters. The molecule has 1 aliphatic heterocycles. The van der Waals surface area contributed by atoms with Gasteiger partial charge in [0.25, 0.3) is 0 Å². The monoisotopic (exact) mass is 430 g/mol. The Morgan fingerprint density at radius 2 is 1.52 bits per heavy atom. The zero-order valence-electron chi connectivity index (χ0n) is 19.1. The van der Waals surface area contributed by atoms with E-state index in [1.807, 2.05) is 44.2 Å². The first-order chi connectivity index (χ1) is 14.9. The third-order valence-corrected chi connectivity index (χ3v) is 5.48. The van der Waals surface area contributed by atoms with Gasteiger partial charge < -0.3 is 21.3 Å². The molecule has 4 N–H and O–H groups in total. The van der Waals surface area contributed by atoms with Crippen LogP contribution in [0.25, 0.3) is 0 Å². The van der Waals surface area contributed by atoms with E-state index in [9.17, 15) is 14.4 Å². The van der Waals surface area contributed by atoms with Crippen LogP contribution in [0.1, 0.15) is 58.4 Å². The summed E-state index contributed by atoms with van der Waals surface area (Å²) in [6, 6.07) is 8.11. The van der Waals surface area contributed by atoms with Crippen LogP contribution in [-0.2, 0) is 20.8 Å². The predicted molar refractivity (Wildman–Crippen MR) is 122 cm³/mol. The molecule has 1 aliphatic rings. The third-order valence-electron chi connectivity index (χ3n) is 5.48. The predicted octanol–water partition coefficient (Wildman–Crippen LogP) is 1.91. The molecule has 31 heavy (non-hydrogen) atoms. The highest BCUT2D eigenvalue weighted by Crippen LogP contribution is 2.08. The van der Waals surface area contributed by atoms with Crippen LogP contribution in [0.3, 0.4) is 0 Å². The summed E-state index contributed by atoms with van der Waals surface area (Å²) < 4.78 is 0. The van der Waals surface area contributed by atoms with E-state index < -0.39 is 18.1 Å². The molecule has 1 heterocycles. The first-order valence-electron chi connectivity index (χ1n) is 11.5. The average molecular weight is 431 g/mol. The average Bonchev–Trinajstić information content (AvgIpc) is 2.73. The molecule has 7 heteroatoms. The van der Waals surface area contributed by atoms with Crippen molar-refractivity contribution in [2.24, 2.45) is 5.92 Å². The van der Waals surface area contributed by atoms with Crippen LogP contribution >= 0.6 is 0 Å². The van der Waals surface area contributed by atoms with E-state index in [0.29, 0.717) is 19.4 Å². The van der Waals surface area contributed by atoms with Crippen molar-refractivity contribution in [3.05, 3.63) is 35.9 Å². The highest BCUT2D eigenvalue weighted by molar-refractivity contribution is 5.92. The number of benzene rings is 1. The Labute approximate surface area is 186 Å². The van der Waals surface area contributed by atoms with Gasteiger partial charge in [0.05, 0.1) is 6.04 Å². The zero-order chi connectivity index (χ0) is 22.6. The molecule has 1 fully saturated rings. The first kappa shape index (κ1) is 24.9. The van der Waals surface area contributed by atoms with E-state index in [4.69, 9.17) is 0 Å². The van der Waals surface area contributed by atoms with Crippen molar-refractivity contribution in [2.45, 2.75) is 77.4 Å². The fourth-order valence-electron chi connectivity index (χ4n) is 3.70. The Balaban J connectivity index is 2.10. The van der Waals surface area contributed by atoms with Gasteiger partial charge in [-0.1, -0.05) is 57.0 Å². The summed E-state index contributed by atoms with van der Waals surface area (Å²) in [5.41, 5.74) is 1.07. The van der Waals surface area contributed by atoms with Crippen LogP contribution < -0.4 is 21.3 Å². The normalized spacial score (nSPS) is 24.9. The van der Waals surface area contributed by atoms with Gasteiger partial charge in [0.2, 0.25) is 17.7 Å². The van der Waals surface area contributed by atoms with Gasteiger partial charge in [-0.25, -0.2) is 0 Å². The molecule has 0 aromatic heterocycles. The largest absolute Gasteiger partial charge is 0.354 e. The highest BCUT2D eigenvalue weighted by atomic mass is 16.2. The fraction of sp³-hybridized carbons (Fsp3) is 0.625. The Hall–Kier alpha value is -2.41. The molecule has 1 saturated heterocycles. The van der Waals surface area contributed by atoms with Crippen LogP contribution in [0.15, 0.2) is 30.3 Å². The van der Waals surface area contributed by atoms with Crippen molar-refractivity contribution >= 4 is 17.7 Å². The maximum Gasteiger partial charge on any atom is 0.242 e. The van der Waals surface area contributed by atoms with Crippen molar-refractivity contribution < 1.29 is 14.4 Å². The smallest absolute Gasteiger partial charge is 0.242 e. The SMILES string of the molecule is CC(C)C[C@H]1NC(=O)[C@@H](C)NC(=O)[C@H](Cc2ccccc2)NCCCCCCNC1=O. The topological polar surface area (TPSA) is 99.3 Å². The van der Waals surface area contributed by atoms with Crippen LogP contribution in [0, 0.1) is 5.92 Å². The fourth-order valence-corrected chi connectivity index (χ4v) is 3.70. The van der Waals surface area contributed by atoms with E-state index in [-0.39, 0.29) is 23.6 Å². The minimum absolute atomic E-state index is 0.156. The zero-order valence-corrected chi connectivity index (χ0v) is 19.1.